The van der Waals surface area contributed by atoms with Crippen molar-refractivity contribution in [1.29, 1.82) is 0 Å². The molecule has 0 amide bonds. The molecule has 314 valence electrons. The highest BCUT2D eigenvalue weighted by Crippen LogP contribution is 2.16. The molecule has 0 bridgehead atoms. The van der Waals surface area contributed by atoms with Crippen molar-refractivity contribution >= 4 is 17.9 Å². The van der Waals surface area contributed by atoms with Gasteiger partial charge in [0.15, 0.2) is 6.10 Å². The van der Waals surface area contributed by atoms with Gasteiger partial charge in [0.1, 0.15) is 13.2 Å². The fourth-order valence-electron chi connectivity index (χ4n) is 6.98. The summed E-state index contributed by atoms with van der Waals surface area (Å²) < 4.78 is 16.6. The lowest BCUT2D eigenvalue weighted by molar-refractivity contribution is -0.167. The van der Waals surface area contributed by atoms with E-state index in [1.807, 2.05) is 0 Å². The summed E-state index contributed by atoms with van der Waals surface area (Å²) in [6.45, 7) is 8.93. The largest absolute Gasteiger partial charge is 0.462 e. The van der Waals surface area contributed by atoms with Crippen LogP contribution in [0.15, 0.2) is 0 Å². The molecular weight excluding hydrogens is 661 g/mol. The van der Waals surface area contributed by atoms with E-state index in [0.717, 1.165) is 70.1 Å². The number of hydrogen-bond acceptors (Lipinski definition) is 6. The van der Waals surface area contributed by atoms with E-state index in [2.05, 4.69) is 27.7 Å². The van der Waals surface area contributed by atoms with Crippen LogP contribution in [0.5, 0.6) is 0 Å². The van der Waals surface area contributed by atoms with E-state index in [1.54, 1.807) is 0 Å². The summed E-state index contributed by atoms with van der Waals surface area (Å²) in [4.78, 5) is 37.5. The Morgan fingerprint density at radius 1 is 0.358 bits per heavy atom. The highest BCUT2D eigenvalue weighted by Gasteiger charge is 2.19. The molecule has 0 fully saturated rings. The zero-order valence-electron chi connectivity index (χ0n) is 36.0. The van der Waals surface area contributed by atoms with Crippen molar-refractivity contribution in [3.63, 3.8) is 0 Å². The Labute approximate surface area is 329 Å². The maximum absolute atomic E-state index is 12.5. The molecule has 0 rings (SSSR count). The first-order valence-electron chi connectivity index (χ1n) is 23.4. The van der Waals surface area contributed by atoms with Crippen molar-refractivity contribution in [3.8, 4) is 0 Å². The Balaban J connectivity index is 4.10. The Morgan fingerprint density at radius 2 is 0.623 bits per heavy atom. The average molecular weight is 751 g/mol. The maximum atomic E-state index is 12.5. The van der Waals surface area contributed by atoms with Crippen LogP contribution in [-0.2, 0) is 28.6 Å². The fraction of sp³-hybridized carbons (Fsp3) is 0.936. The normalized spacial score (nSPS) is 11.9. The summed E-state index contributed by atoms with van der Waals surface area (Å²) >= 11 is 0. The van der Waals surface area contributed by atoms with E-state index in [4.69, 9.17) is 14.2 Å². The molecule has 0 aliphatic carbocycles. The summed E-state index contributed by atoms with van der Waals surface area (Å²) in [5, 5.41) is 0. The van der Waals surface area contributed by atoms with Crippen LogP contribution < -0.4 is 0 Å². The van der Waals surface area contributed by atoms with Gasteiger partial charge in [-0.05, 0) is 25.2 Å². The summed E-state index contributed by atoms with van der Waals surface area (Å²) in [6.07, 6.45) is 41.2. The molecule has 6 heteroatoms. The number of unbranched alkanes of at least 4 members (excludes halogenated alkanes) is 29. The minimum Gasteiger partial charge on any atom is -0.462 e. The second kappa shape index (κ2) is 41.6. The van der Waals surface area contributed by atoms with Crippen LogP contribution in [0.2, 0.25) is 0 Å². The number of rotatable bonds is 42. The van der Waals surface area contributed by atoms with Crippen LogP contribution in [0.3, 0.4) is 0 Å². The number of ether oxygens (including phenoxy) is 3. The first kappa shape index (κ1) is 51.4. The van der Waals surface area contributed by atoms with Gasteiger partial charge in [-0.2, -0.15) is 0 Å². The van der Waals surface area contributed by atoms with Crippen LogP contribution in [0.25, 0.3) is 0 Å². The van der Waals surface area contributed by atoms with Crippen molar-refractivity contribution in [2.75, 3.05) is 13.2 Å². The average Bonchev–Trinajstić information content (AvgIpc) is 3.14. The lowest BCUT2D eigenvalue weighted by atomic mass is 10.0. The van der Waals surface area contributed by atoms with Crippen LogP contribution >= 0.6 is 0 Å². The number of hydrogen-bond donors (Lipinski definition) is 0. The molecule has 0 saturated carbocycles. The topological polar surface area (TPSA) is 78.9 Å². The zero-order valence-corrected chi connectivity index (χ0v) is 36.0. The van der Waals surface area contributed by atoms with E-state index in [9.17, 15) is 14.4 Å². The van der Waals surface area contributed by atoms with Crippen molar-refractivity contribution < 1.29 is 28.6 Å². The first-order chi connectivity index (χ1) is 25.9. The fourth-order valence-corrected chi connectivity index (χ4v) is 6.98. The van der Waals surface area contributed by atoms with Gasteiger partial charge in [-0.1, -0.05) is 220 Å². The van der Waals surface area contributed by atoms with Crippen molar-refractivity contribution in [2.24, 2.45) is 5.92 Å². The van der Waals surface area contributed by atoms with Gasteiger partial charge in [0.05, 0.1) is 0 Å². The summed E-state index contributed by atoms with van der Waals surface area (Å²) in [7, 11) is 0. The molecule has 0 heterocycles. The molecule has 0 spiro atoms. The quantitative estimate of drug-likeness (QED) is 0.0351. The number of carbonyl (C=O) groups is 3. The monoisotopic (exact) mass is 751 g/mol. The summed E-state index contributed by atoms with van der Waals surface area (Å²) in [6, 6.07) is 0. The predicted molar refractivity (Wildman–Crippen MR) is 224 cm³/mol. The van der Waals surface area contributed by atoms with Crippen molar-refractivity contribution in [1.82, 2.24) is 0 Å². The van der Waals surface area contributed by atoms with Crippen LogP contribution in [-0.4, -0.2) is 37.2 Å². The summed E-state index contributed by atoms with van der Waals surface area (Å²) in [5.74, 6) is -0.0216. The lowest BCUT2D eigenvalue weighted by Gasteiger charge is -2.18. The van der Waals surface area contributed by atoms with Crippen LogP contribution in [0.1, 0.15) is 259 Å². The lowest BCUT2D eigenvalue weighted by Crippen LogP contribution is -2.30. The minimum atomic E-state index is -0.757. The van der Waals surface area contributed by atoms with E-state index in [-0.39, 0.29) is 31.1 Å². The van der Waals surface area contributed by atoms with Crippen molar-refractivity contribution in [2.45, 2.75) is 265 Å². The second-order valence-corrected chi connectivity index (χ2v) is 16.5. The van der Waals surface area contributed by atoms with Gasteiger partial charge in [0, 0.05) is 19.3 Å². The van der Waals surface area contributed by atoms with Gasteiger partial charge in [-0.3, -0.25) is 14.4 Å². The molecule has 0 radical (unpaired) electrons. The highest BCUT2D eigenvalue weighted by molar-refractivity contribution is 5.71. The van der Waals surface area contributed by atoms with E-state index >= 15 is 0 Å². The molecule has 0 aromatic carbocycles. The van der Waals surface area contributed by atoms with Gasteiger partial charge in [0.25, 0.3) is 0 Å². The molecule has 1 atom stereocenters. The molecule has 0 aromatic rings. The maximum Gasteiger partial charge on any atom is 0.306 e. The molecule has 0 unspecified atom stereocenters. The van der Waals surface area contributed by atoms with Gasteiger partial charge >= 0.3 is 17.9 Å². The Hall–Kier alpha value is -1.59. The number of esters is 3. The number of carbonyl (C=O) groups excluding carboxylic acids is 3. The third-order valence-corrected chi connectivity index (χ3v) is 10.5. The first-order valence-corrected chi connectivity index (χ1v) is 23.4. The van der Waals surface area contributed by atoms with Crippen LogP contribution in [0, 0.1) is 5.92 Å². The molecule has 53 heavy (non-hydrogen) atoms. The van der Waals surface area contributed by atoms with Gasteiger partial charge < -0.3 is 14.2 Å². The standard InChI is InChI=1S/C47H90O6/c1-5-7-9-11-12-13-14-17-21-24-27-31-34-38-45(48)51-41-44(53-47(50)40-36-29-10-8-6-2)42-52-46(49)39-35-32-28-25-22-19-16-15-18-20-23-26-30-33-37-43(3)4/h43-44H,5-42H2,1-4H3/t44-/m0/s1. The molecular formula is C47H90O6. The SMILES string of the molecule is CCCCCCCCCCCCCCCC(=O)OC[C@@H](COC(=O)CCCCCCCCCCCCCCCCC(C)C)OC(=O)CCCCCCC. The van der Waals surface area contributed by atoms with Crippen molar-refractivity contribution in [3.05, 3.63) is 0 Å². The molecule has 0 saturated heterocycles. The molecule has 6 nitrogen and oxygen atoms in total. The van der Waals surface area contributed by atoms with Crippen LogP contribution in [0.4, 0.5) is 0 Å². The highest BCUT2D eigenvalue weighted by atomic mass is 16.6. The third-order valence-electron chi connectivity index (χ3n) is 10.5. The van der Waals surface area contributed by atoms with E-state index in [0.29, 0.717) is 19.3 Å². The van der Waals surface area contributed by atoms with E-state index < -0.39 is 6.10 Å². The van der Waals surface area contributed by atoms with E-state index in [1.165, 1.54) is 148 Å². The van der Waals surface area contributed by atoms with Gasteiger partial charge in [-0.25, -0.2) is 0 Å². The Morgan fingerprint density at radius 3 is 0.925 bits per heavy atom. The predicted octanol–water partition coefficient (Wildman–Crippen LogP) is 14.7. The molecule has 0 N–H and O–H groups in total. The second-order valence-electron chi connectivity index (χ2n) is 16.5. The Bertz CT molecular complexity index is 796. The van der Waals surface area contributed by atoms with Gasteiger partial charge in [-0.15, -0.1) is 0 Å². The zero-order chi connectivity index (χ0) is 38.9. The minimum absolute atomic E-state index is 0.0649. The smallest absolute Gasteiger partial charge is 0.306 e. The molecule has 0 aliphatic rings. The molecule has 0 aliphatic heterocycles. The molecule has 0 aromatic heterocycles. The summed E-state index contributed by atoms with van der Waals surface area (Å²) in [5.41, 5.74) is 0. The Kier molecular flexibility index (Phi) is 40.3. The van der Waals surface area contributed by atoms with Gasteiger partial charge in [0.2, 0.25) is 0 Å². The third kappa shape index (κ3) is 41.4.